The van der Waals surface area contributed by atoms with Crippen LogP contribution in [0.2, 0.25) is 0 Å². The van der Waals surface area contributed by atoms with Crippen molar-refractivity contribution in [3.63, 3.8) is 0 Å². The molecular weight excluding hydrogens is 957 g/mol. The molecule has 0 spiro atoms. The lowest BCUT2D eigenvalue weighted by atomic mass is 9.56. The fourth-order valence-corrected chi connectivity index (χ4v) is 13.5. The van der Waals surface area contributed by atoms with Crippen LogP contribution in [0.5, 0.6) is 23.0 Å². The zero-order chi connectivity index (χ0) is 52.9. The van der Waals surface area contributed by atoms with Gasteiger partial charge in [0.1, 0.15) is 23.0 Å². The monoisotopic (exact) mass is 1010 g/mol. The highest BCUT2D eigenvalue weighted by Crippen LogP contribution is 2.69. The standard InChI is InChI=1S/C72H56N2O4/c1-71(61-41-23-45-15-7-9-17-55(45)67(61)69-59-21-13-11-19-57(59)65(43-63(69)71)73(47-25-33-51(75-3)34-26-47)48-27-35-52(76-4)36-28-48)72(2)62-42-24-46-16-8-10-18-56(46)68(62)70-60-22-14-12-20-58(60)66(44-64(70)72)74(49-29-37-53(77-5)38-30-49)50-31-39-54(78-6)40-32-50/h7-44H,1-6H3. The minimum absolute atomic E-state index is 0.695. The molecule has 6 nitrogen and oxygen atoms in total. The first-order valence-corrected chi connectivity index (χ1v) is 26.6. The van der Waals surface area contributed by atoms with Crippen LogP contribution in [-0.2, 0) is 10.8 Å². The van der Waals surface area contributed by atoms with Gasteiger partial charge in [0.25, 0.3) is 0 Å². The van der Waals surface area contributed by atoms with Crippen LogP contribution in [0, 0.1) is 0 Å². The van der Waals surface area contributed by atoms with Crippen molar-refractivity contribution in [2.24, 2.45) is 0 Å². The first-order chi connectivity index (χ1) is 38.3. The average Bonchev–Trinajstić information content (AvgIpc) is 3.46. The third-order valence-electron chi connectivity index (χ3n) is 17.4. The highest BCUT2D eigenvalue weighted by atomic mass is 16.5. The van der Waals surface area contributed by atoms with Gasteiger partial charge in [-0.05, 0) is 186 Å². The molecule has 14 rings (SSSR count). The van der Waals surface area contributed by atoms with Gasteiger partial charge >= 0.3 is 0 Å². The van der Waals surface area contributed by atoms with Crippen molar-refractivity contribution in [3.05, 3.63) is 253 Å². The van der Waals surface area contributed by atoms with Crippen molar-refractivity contribution < 1.29 is 18.9 Å². The molecule has 2 unspecified atom stereocenters. The second-order valence-electron chi connectivity index (χ2n) is 20.9. The van der Waals surface area contributed by atoms with E-state index in [4.69, 9.17) is 18.9 Å². The largest absolute Gasteiger partial charge is 0.497 e. The van der Waals surface area contributed by atoms with Crippen LogP contribution in [0.15, 0.2) is 231 Å². The number of nitrogens with zero attached hydrogens (tertiary/aromatic N) is 2. The fourth-order valence-electron chi connectivity index (χ4n) is 13.5. The van der Waals surface area contributed by atoms with Crippen LogP contribution in [0.4, 0.5) is 34.1 Å². The summed E-state index contributed by atoms with van der Waals surface area (Å²) in [5.41, 5.74) is 15.0. The van der Waals surface area contributed by atoms with Crippen molar-refractivity contribution in [1.29, 1.82) is 0 Å². The maximum absolute atomic E-state index is 5.74. The molecule has 0 saturated heterocycles. The first-order valence-electron chi connectivity index (χ1n) is 26.6. The van der Waals surface area contributed by atoms with Gasteiger partial charge in [0, 0.05) is 44.4 Å². The topological polar surface area (TPSA) is 43.4 Å². The Morgan fingerprint density at radius 2 is 0.538 bits per heavy atom. The number of methoxy groups -OCH3 is 4. The van der Waals surface area contributed by atoms with Gasteiger partial charge in [-0.1, -0.05) is 135 Å². The van der Waals surface area contributed by atoms with Crippen LogP contribution in [0.3, 0.4) is 0 Å². The normalized spacial score (nSPS) is 15.9. The molecule has 0 amide bonds. The predicted molar refractivity (Wildman–Crippen MR) is 322 cm³/mol. The predicted octanol–water partition coefficient (Wildman–Crippen LogP) is 18.5. The third-order valence-corrected chi connectivity index (χ3v) is 17.4. The molecule has 78 heavy (non-hydrogen) atoms. The molecule has 0 N–H and O–H groups in total. The van der Waals surface area contributed by atoms with Gasteiger partial charge < -0.3 is 28.7 Å². The number of ether oxygens (including phenoxy) is 4. The van der Waals surface area contributed by atoms with E-state index in [0.29, 0.717) is 0 Å². The molecule has 0 aromatic heterocycles. The van der Waals surface area contributed by atoms with Crippen molar-refractivity contribution >= 4 is 77.2 Å². The summed E-state index contributed by atoms with van der Waals surface area (Å²) in [5, 5.41) is 9.60. The number of hydrogen-bond donors (Lipinski definition) is 0. The van der Waals surface area contributed by atoms with Gasteiger partial charge in [0.2, 0.25) is 0 Å². The molecule has 12 aromatic rings. The Morgan fingerprint density at radius 3 is 0.846 bits per heavy atom. The maximum Gasteiger partial charge on any atom is 0.119 e. The SMILES string of the molecule is COc1ccc(N(c2ccc(OC)cc2)c2cc3c(c4ccccc24)-c2c(ccc4ccccc24)C3(C)C2(C)c3ccc4ccccc4c3-c3c2cc(N(c2ccc(OC)cc2)c2ccc(OC)cc2)c2ccccc32)cc1. The van der Waals surface area contributed by atoms with Gasteiger partial charge in [-0.25, -0.2) is 0 Å². The minimum atomic E-state index is -0.695. The zero-order valence-corrected chi connectivity index (χ0v) is 44.5. The summed E-state index contributed by atoms with van der Waals surface area (Å²) in [6.45, 7) is 5.09. The summed E-state index contributed by atoms with van der Waals surface area (Å²) in [4.78, 5) is 4.81. The van der Waals surface area contributed by atoms with Crippen LogP contribution in [-0.4, -0.2) is 28.4 Å². The van der Waals surface area contributed by atoms with Crippen LogP contribution in [0.1, 0.15) is 36.1 Å². The van der Waals surface area contributed by atoms with Crippen molar-refractivity contribution in [3.8, 4) is 45.3 Å². The van der Waals surface area contributed by atoms with Gasteiger partial charge in [0.05, 0.1) is 39.8 Å². The molecule has 378 valence electrons. The second kappa shape index (κ2) is 18.1. The quantitative estimate of drug-likeness (QED) is 0.129. The van der Waals surface area contributed by atoms with E-state index in [1.807, 2.05) is 48.5 Å². The van der Waals surface area contributed by atoms with Crippen LogP contribution in [0.25, 0.3) is 65.3 Å². The Kier molecular flexibility index (Phi) is 10.9. The third kappa shape index (κ3) is 6.75. The minimum Gasteiger partial charge on any atom is -0.497 e. The van der Waals surface area contributed by atoms with Crippen LogP contribution >= 0.6 is 0 Å². The zero-order valence-electron chi connectivity index (χ0n) is 44.5. The molecule has 2 aliphatic rings. The highest BCUT2D eigenvalue weighted by molar-refractivity contribution is 6.18. The first kappa shape index (κ1) is 47.0. The molecule has 2 aliphatic carbocycles. The van der Waals surface area contributed by atoms with Gasteiger partial charge in [-0.15, -0.1) is 0 Å². The molecule has 0 saturated carbocycles. The average molecular weight is 1010 g/mol. The lowest BCUT2D eigenvalue weighted by molar-refractivity contribution is 0.376. The van der Waals surface area contributed by atoms with E-state index in [0.717, 1.165) is 67.9 Å². The summed E-state index contributed by atoms with van der Waals surface area (Å²) in [6, 6.07) is 84.3. The molecule has 0 radical (unpaired) electrons. The lowest BCUT2D eigenvalue weighted by Crippen LogP contribution is -2.44. The Hall–Kier alpha value is -9.52. The van der Waals surface area contributed by atoms with E-state index in [2.05, 4.69) is 206 Å². The van der Waals surface area contributed by atoms with Crippen molar-refractivity contribution in [1.82, 2.24) is 0 Å². The Balaban J connectivity index is 1.13. The van der Waals surface area contributed by atoms with E-state index in [1.54, 1.807) is 28.4 Å². The van der Waals surface area contributed by atoms with Crippen LogP contribution < -0.4 is 28.7 Å². The van der Waals surface area contributed by atoms with E-state index in [-0.39, 0.29) is 0 Å². The Morgan fingerprint density at radius 1 is 0.269 bits per heavy atom. The summed E-state index contributed by atoms with van der Waals surface area (Å²) >= 11 is 0. The number of hydrogen-bond acceptors (Lipinski definition) is 6. The number of anilines is 6. The van der Waals surface area contributed by atoms with E-state index in [9.17, 15) is 0 Å². The molecule has 0 heterocycles. The second-order valence-corrected chi connectivity index (χ2v) is 20.9. The van der Waals surface area contributed by atoms with E-state index < -0.39 is 10.8 Å². The molecule has 12 aromatic carbocycles. The van der Waals surface area contributed by atoms with Gasteiger partial charge in [-0.2, -0.15) is 0 Å². The highest BCUT2D eigenvalue weighted by Gasteiger charge is 2.59. The molecule has 0 aliphatic heterocycles. The molecule has 0 bridgehead atoms. The maximum atomic E-state index is 5.74. The smallest absolute Gasteiger partial charge is 0.119 e. The lowest BCUT2D eigenvalue weighted by Gasteiger charge is -2.46. The molecule has 6 heteroatoms. The number of benzene rings is 12. The van der Waals surface area contributed by atoms with E-state index in [1.165, 1.54) is 76.8 Å². The molecule has 2 atom stereocenters. The summed E-state index contributed by atoms with van der Waals surface area (Å²) < 4.78 is 23.0. The van der Waals surface area contributed by atoms with Gasteiger partial charge in [0.15, 0.2) is 0 Å². The van der Waals surface area contributed by atoms with E-state index >= 15 is 0 Å². The van der Waals surface area contributed by atoms with Crippen molar-refractivity contribution in [2.75, 3.05) is 38.2 Å². The fraction of sp³-hybridized carbons (Fsp3) is 0.111. The van der Waals surface area contributed by atoms with Crippen molar-refractivity contribution in [2.45, 2.75) is 24.7 Å². The number of fused-ring (bicyclic) bond motifs is 14. The summed E-state index contributed by atoms with van der Waals surface area (Å²) in [5.74, 6) is 3.19. The number of rotatable bonds is 11. The summed E-state index contributed by atoms with van der Waals surface area (Å²) in [7, 11) is 6.88. The summed E-state index contributed by atoms with van der Waals surface area (Å²) in [6.07, 6.45) is 0. The van der Waals surface area contributed by atoms with Gasteiger partial charge in [-0.3, -0.25) is 0 Å². The Labute approximate surface area is 454 Å². The molecule has 0 fully saturated rings. The molecular formula is C72H56N2O4. The Bertz CT molecular complexity index is 3970.